The van der Waals surface area contributed by atoms with Gasteiger partial charge in [-0.2, -0.15) is 0 Å². The Morgan fingerprint density at radius 3 is 1.06 bits per heavy atom. The molecule has 11 N–H and O–H groups in total. The predicted molar refractivity (Wildman–Crippen MR) is 367 cm³/mol. The summed E-state index contributed by atoms with van der Waals surface area (Å²) in [6, 6.07) is 41.6. The van der Waals surface area contributed by atoms with Gasteiger partial charge in [-0.1, -0.05) is 90.4 Å². The molecule has 23 heteroatoms. The van der Waals surface area contributed by atoms with Gasteiger partial charge in [0.05, 0.1) is 22.7 Å². The summed E-state index contributed by atoms with van der Waals surface area (Å²) in [6.45, 7) is 14.1. The summed E-state index contributed by atoms with van der Waals surface area (Å²) in [5.41, 5.74) is 9.09. The van der Waals surface area contributed by atoms with Crippen molar-refractivity contribution in [3.8, 4) is 34.5 Å². The van der Waals surface area contributed by atoms with Crippen LogP contribution in [0.3, 0.4) is 0 Å². The van der Waals surface area contributed by atoms with E-state index in [2.05, 4.69) is 55.4 Å². The number of amides is 6. The Labute approximate surface area is 543 Å². The molecule has 0 radical (unpaired) electrons. The molecule has 10 rings (SSSR count). The largest absolute Gasteiger partial charge is 0.508 e. The molecule has 0 aliphatic heterocycles. The second kappa shape index (κ2) is 34.0. The van der Waals surface area contributed by atoms with Crippen molar-refractivity contribution in [2.24, 2.45) is 0 Å². The molecule has 10 aromatic rings. The molecule has 2 aromatic heterocycles. The smallest absolute Gasteiger partial charge is 0.255 e. The number of nitrogens with zero attached hydrogens (tertiary/aromatic N) is 2. The molecule has 0 bridgehead atoms. The average molecular weight is 1280 g/mol. The molecular formula is C71H76N8O15. The number of Topliss-reactive ketones (excluding diaryl/α,β-unsaturated/α-hetero) is 2. The fourth-order valence-electron chi connectivity index (χ4n) is 8.18. The van der Waals surface area contributed by atoms with Crippen molar-refractivity contribution in [2.45, 2.75) is 78.2 Å². The van der Waals surface area contributed by atoms with Crippen molar-refractivity contribution in [2.75, 3.05) is 31.9 Å². The van der Waals surface area contributed by atoms with Crippen LogP contribution in [0.5, 0.6) is 23.0 Å². The number of nitrogens with one attached hydrogen (secondary N) is 6. The molecule has 94 heavy (non-hydrogen) atoms. The number of aromatic nitrogens is 2. The number of rotatable bonds is 13. The number of hydrogen-bond acceptors (Lipinski definition) is 17. The molecule has 0 spiro atoms. The normalized spacial score (nSPS) is 9.90. The lowest BCUT2D eigenvalue weighted by molar-refractivity contribution is -0.115. The lowest BCUT2D eigenvalue weighted by Crippen LogP contribution is -2.12. The van der Waals surface area contributed by atoms with E-state index in [0.717, 1.165) is 52.0 Å². The average Bonchev–Trinajstić information content (AvgIpc) is 1.65. The number of aliphatic hydroxyl groups is 1. The van der Waals surface area contributed by atoms with Gasteiger partial charge >= 0.3 is 0 Å². The van der Waals surface area contributed by atoms with E-state index in [0.29, 0.717) is 45.4 Å². The number of aryl methyl sites for hydroxylation is 2. The highest BCUT2D eigenvalue weighted by Crippen LogP contribution is 2.37. The first-order chi connectivity index (χ1) is 42.7. The molecule has 0 saturated heterocycles. The van der Waals surface area contributed by atoms with Gasteiger partial charge in [-0.3, -0.25) is 38.4 Å². The number of hydrogen-bond donors (Lipinski definition) is 11. The minimum Gasteiger partial charge on any atom is -0.508 e. The summed E-state index contributed by atoms with van der Waals surface area (Å²) in [6.07, 6.45) is 0. The third kappa shape index (κ3) is 20.8. The number of ketones is 2. The van der Waals surface area contributed by atoms with Crippen LogP contribution in [0.25, 0.3) is 39.4 Å². The number of aromatic hydroxyl groups is 4. The minimum atomic E-state index is -0.521. The van der Waals surface area contributed by atoms with Crippen LogP contribution < -0.4 is 31.9 Å². The summed E-state index contributed by atoms with van der Waals surface area (Å²) in [5, 5.41) is 63.8. The Hall–Kier alpha value is -12.4. The number of phenols is 4. The highest BCUT2D eigenvalue weighted by Gasteiger charge is 2.17. The maximum atomic E-state index is 12.2. The van der Waals surface area contributed by atoms with Crippen LogP contribution in [0.1, 0.15) is 133 Å². The van der Waals surface area contributed by atoms with Gasteiger partial charge in [0.15, 0.2) is 28.6 Å². The van der Waals surface area contributed by atoms with Gasteiger partial charge in [0.25, 0.3) is 17.7 Å². The Morgan fingerprint density at radius 1 is 0.383 bits per heavy atom. The number of fused-ring (bicyclic) bond motifs is 2. The van der Waals surface area contributed by atoms with E-state index in [4.69, 9.17) is 8.83 Å². The first-order valence-corrected chi connectivity index (χ1v) is 27.1. The number of anilines is 6. The van der Waals surface area contributed by atoms with Gasteiger partial charge in [-0.25, -0.2) is 9.97 Å². The lowest BCUT2D eigenvalue weighted by atomic mass is 10.1. The van der Waals surface area contributed by atoms with E-state index in [9.17, 15) is 63.9 Å². The minimum absolute atomic E-state index is 0. The monoisotopic (exact) mass is 1280 g/mol. The van der Waals surface area contributed by atoms with Crippen LogP contribution in [0.4, 0.5) is 34.1 Å². The summed E-state index contributed by atoms with van der Waals surface area (Å²) < 4.78 is 11.3. The van der Waals surface area contributed by atoms with Gasteiger partial charge in [0.1, 0.15) is 39.8 Å². The van der Waals surface area contributed by atoms with Crippen LogP contribution in [0.15, 0.2) is 173 Å². The van der Waals surface area contributed by atoms with Gasteiger partial charge < -0.3 is 66.3 Å². The number of carbonyl (C=O) groups is 8. The fraction of sp³-hybridized carbons (Fsp3) is 0.155. The molecular weight excluding hydrogens is 1200 g/mol. The van der Waals surface area contributed by atoms with Crippen molar-refractivity contribution in [3.63, 3.8) is 0 Å². The van der Waals surface area contributed by atoms with Crippen molar-refractivity contribution in [1.82, 2.24) is 9.97 Å². The second-order valence-corrected chi connectivity index (χ2v) is 20.0. The number of carbonyl (C=O) groups excluding carboxylic acids is 8. The molecule has 0 aliphatic rings. The third-order valence-corrected chi connectivity index (χ3v) is 12.7. The Kier molecular flexibility index (Phi) is 27.4. The standard InChI is InChI=1S/2C17H16N2O5.C17H16N2O3.C16H12N2O2.4CH4/c2*1-9(20)11-3-5-12(6-4-11)17(24)19-14-8-15(22)13(7-16(14)23)18-10(2)21;1-11(20)13-3-5-14(6-4-13)17(22)19-16-9-7-15(8-10-16)18-12(2)21;1-9-3-5-11(6-4-9)16-18-13-8-14-12(7-15(13)20-16)17-10(2)19-14;;;;/h3-8,22-23H,1-2H3,(H,18,21)(H,19,24);3-8,20,22-23H,1H2,2H3,(H,18,21)(H,19,24);3-10H,1-2H3,(H,18,21)(H,19,22);3-8H,1-2H3;4*1H4. The zero-order valence-electron chi connectivity index (χ0n) is 49.4. The Balaban J connectivity index is 0.000000323. The first kappa shape index (κ1) is 75.8. The zero-order valence-corrected chi connectivity index (χ0v) is 49.4. The van der Waals surface area contributed by atoms with Gasteiger partial charge in [0, 0.05) is 114 Å². The molecule has 0 unspecified atom stereocenters. The molecule has 2 heterocycles. The van der Waals surface area contributed by atoms with Gasteiger partial charge in [-0.15, -0.1) is 0 Å². The highest BCUT2D eigenvalue weighted by molar-refractivity contribution is 6.08. The van der Waals surface area contributed by atoms with E-state index >= 15 is 0 Å². The topological polar surface area (TPSA) is 362 Å². The first-order valence-electron chi connectivity index (χ1n) is 27.1. The van der Waals surface area contributed by atoms with Gasteiger partial charge in [-0.05, 0) is 93.6 Å². The maximum absolute atomic E-state index is 12.2. The van der Waals surface area contributed by atoms with Gasteiger partial charge in [0.2, 0.25) is 23.6 Å². The molecule has 23 nitrogen and oxygen atoms in total. The molecule has 0 atom stereocenters. The molecule has 8 aromatic carbocycles. The van der Waals surface area contributed by atoms with Crippen molar-refractivity contribution in [3.05, 3.63) is 209 Å². The van der Waals surface area contributed by atoms with Crippen molar-refractivity contribution < 1.29 is 72.7 Å². The third-order valence-electron chi connectivity index (χ3n) is 12.7. The van der Waals surface area contributed by atoms with Crippen molar-refractivity contribution >= 4 is 109 Å². The summed E-state index contributed by atoms with van der Waals surface area (Å²) >= 11 is 0. The highest BCUT2D eigenvalue weighted by atomic mass is 16.4. The van der Waals surface area contributed by atoms with E-state index in [1.165, 1.54) is 88.7 Å². The lowest BCUT2D eigenvalue weighted by Gasteiger charge is -2.11. The summed E-state index contributed by atoms with van der Waals surface area (Å²) in [5.74, 6) is -2.51. The van der Waals surface area contributed by atoms with Crippen LogP contribution in [0.2, 0.25) is 0 Å². The Bertz CT molecular complexity index is 4180. The van der Waals surface area contributed by atoms with E-state index in [-0.39, 0.29) is 116 Å². The van der Waals surface area contributed by atoms with Crippen LogP contribution in [-0.2, 0) is 14.4 Å². The maximum Gasteiger partial charge on any atom is 0.255 e. The van der Waals surface area contributed by atoms with Crippen molar-refractivity contribution in [1.29, 1.82) is 0 Å². The van der Waals surface area contributed by atoms with E-state index < -0.39 is 23.6 Å². The number of oxazole rings is 2. The number of phenolic OH excluding ortho intramolecular Hbond substituents is 4. The molecule has 490 valence electrons. The van der Waals surface area contributed by atoms with E-state index in [1.807, 2.05) is 43.3 Å². The molecule has 0 aliphatic carbocycles. The number of benzene rings is 8. The fourth-order valence-corrected chi connectivity index (χ4v) is 8.18. The quantitative estimate of drug-likeness (QED) is 0.0221. The second-order valence-electron chi connectivity index (χ2n) is 20.0. The molecule has 0 fully saturated rings. The van der Waals surface area contributed by atoms with Crippen LogP contribution in [0, 0.1) is 13.8 Å². The van der Waals surface area contributed by atoms with Crippen LogP contribution >= 0.6 is 0 Å². The molecule has 6 amide bonds. The summed E-state index contributed by atoms with van der Waals surface area (Å²) in [4.78, 5) is 101. The van der Waals surface area contributed by atoms with Crippen LogP contribution in [-0.4, -0.2) is 82.5 Å². The number of aliphatic hydroxyl groups excluding tert-OH is 1. The molecule has 0 saturated carbocycles. The van der Waals surface area contributed by atoms with E-state index in [1.54, 1.807) is 48.5 Å². The Morgan fingerprint density at radius 2 is 0.702 bits per heavy atom. The zero-order chi connectivity index (χ0) is 65.5. The summed E-state index contributed by atoms with van der Waals surface area (Å²) in [7, 11) is 0. The SMILES string of the molecule is C.C.C.C.C=C(O)c1ccc(C(=O)Nc2cc(O)c(NC(C)=O)cc2O)cc1.CC(=O)Nc1cc(O)c(NC(=O)c2ccc(C(C)=O)cc2)cc1O.CC(=O)Nc1ccc(NC(=O)c2ccc(C(C)=O)cc2)cc1.Cc1ccc(-c2nc3cc4oc(C)nc4cc3o2)cc1. The predicted octanol–water partition coefficient (Wildman–Crippen LogP) is 15.2.